The lowest BCUT2D eigenvalue weighted by Gasteiger charge is -2.46. The van der Waals surface area contributed by atoms with Crippen molar-refractivity contribution < 1.29 is 64.6 Å². The molecule has 14 nitrogen and oxygen atoms in total. The van der Waals surface area contributed by atoms with Gasteiger partial charge in [0.25, 0.3) is 0 Å². The van der Waals surface area contributed by atoms with Crippen LogP contribution in [0.1, 0.15) is 129 Å². The van der Waals surface area contributed by atoms with Crippen molar-refractivity contribution in [3.8, 4) is 0 Å². The van der Waals surface area contributed by atoms with Gasteiger partial charge in [-0.15, -0.1) is 0 Å². The molecule has 0 aromatic heterocycles. The maximum Gasteiger partial charge on any atom is 0.220 e. The van der Waals surface area contributed by atoms with Crippen molar-refractivity contribution in [2.75, 3.05) is 19.8 Å². The number of carbonyl (C=O) groups is 1. The van der Waals surface area contributed by atoms with Crippen LogP contribution >= 0.6 is 0 Å². The maximum absolute atomic E-state index is 12.8. The lowest BCUT2D eigenvalue weighted by atomic mass is 9.97. The molecule has 2 rings (SSSR count). The summed E-state index contributed by atoms with van der Waals surface area (Å²) < 4.78 is 22.4. The molecule has 0 aromatic rings. The summed E-state index contributed by atoms with van der Waals surface area (Å²) in [6.45, 7) is 2.59. The number of nitrogens with one attached hydrogen (secondary N) is 1. The fourth-order valence-corrected chi connectivity index (χ4v) is 6.66. The van der Waals surface area contributed by atoms with Crippen LogP contribution in [0.4, 0.5) is 0 Å². The molecule has 0 aromatic carbocycles. The second kappa shape index (κ2) is 28.8. The van der Waals surface area contributed by atoms with E-state index in [9.17, 15) is 45.6 Å². The van der Waals surface area contributed by atoms with Gasteiger partial charge < -0.3 is 65.1 Å². The predicted octanol–water partition coefficient (Wildman–Crippen LogP) is 2.65. The fraction of sp³-hybridized carbons (Fsp3) is 0.875. The molecule has 2 aliphatic rings. The number of carbonyl (C=O) groups excluding carboxylic acids is 1. The summed E-state index contributed by atoms with van der Waals surface area (Å²) in [7, 11) is 0. The molecule has 0 aliphatic carbocycles. The first-order valence-corrected chi connectivity index (χ1v) is 20.6. The molecule has 0 bridgehead atoms. The highest BCUT2D eigenvalue weighted by Crippen LogP contribution is 2.29. The molecule has 54 heavy (non-hydrogen) atoms. The summed E-state index contributed by atoms with van der Waals surface area (Å²) in [5.41, 5.74) is 0. The summed E-state index contributed by atoms with van der Waals surface area (Å²) in [6.07, 6.45) is 10.3. The topological polar surface area (TPSA) is 228 Å². The highest BCUT2D eigenvalue weighted by atomic mass is 16.7. The Hall–Kier alpha value is -1.53. The Balaban J connectivity index is 1.89. The smallest absolute Gasteiger partial charge is 0.220 e. The van der Waals surface area contributed by atoms with Gasteiger partial charge in [0.15, 0.2) is 12.6 Å². The lowest BCUT2D eigenvalue weighted by molar-refractivity contribution is -0.359. The minimum Gasteiger partial charge on any atom is -0.394 e. The SMILES string of the molecule is CCCCCCCCCCCC/C=C/CC/C=C/C(O)C(COC1OC(CO)C(OC2OC(CO)C(O)C(O)C2O)C(O)C1O)NC(=O)CCCCCC. The molecule has 14 heteroatoms. The first-order valence-electron chi connectivity index (χ1n) is 20.6. The molecule has 2 aliphatic heterocycles. The van der Waals surface area contributed by atoms with E-state index in [1.54, 1.807) is 6.08 Å². The van der Waals surface area contributed by atoms with Crippen LogP contribution < -0.4 is 5.32 Å². The Bertz CT molecular complexity index is 1010. The third-order valence-electron chi connectivity index (χ3n) is 10.1. The Morgan fingerprint density at radius 1 is 0.648 bits per heavy atom. The zero-order valence-electron chi connectivity index (χ0n) is 32.7. The van der Waals surface area contributed by atoms with Crippen LogP contribution in [0.15, 0.2) is 24.3 Å². The monoisotopic (exact) mass is 776 g/mol. The third-order valence-corrected chi connectivity index (χ3v) is 10.1. The van der Waals surface area contributed by atoms with Gasteiger partial charge in [0.1, 0.15) is 48.8 Å². The number of unbranched alkanes of at least 4 members (excludes halogenated alkanes) is 14. The standard InChI is InChI=1S/C40H73NO13/c1-3-5-7-9-10-11-12-13-14-15-16-17-18-19-20-21-23-29(44)28(41-32(45)24-22-8-6-4-2)27-51-39-37(50)35(48)38(31(26-43)53-39)54-40-36(49)34(47)33(46)30(25-42)52-40/h17-18,21,23,28-31,33-40,42-44,46-50H,3-16,19-20,22,24-27H2,1-2H3,(H,41,45)/b18-17+,23-21+. The van der Waals surface area contributed by atoms with Crippen LogP contribution in [0.25, 0.3) is 0 Å². The van der Waals surface area contributed by atoms with Crippen molar-refractivity contribution in [2.24, 2.45) is 0 Å². The first-order chi connectivity index (χ1) is 26.1. The Morgan fingerprint density at radius 3 is 1.81 bits per heavy atom. The van der Waals surface area contributed by atoms with E-state index >= 15 is 0 Å². The van der Waals surface area contributed by atoms with E-state index in [4.69, 9.17) is 18.9 Å². The van der Waals surface area contributed by atoms with E-state index in [0.717, 1.165) is 32.1 Å². The molecule has 0 spiro atoms. The fourth-order valence-electron chi connectivity index (χ4n) is 6.66. The van der Waals surface area contributed by atoms with E-state index in [1.807, 2.05) is 6.08 Å². The molecular weight excluding hydrogens is 702 g/mol. The van der Waals surface area contributed by atoms with E-state index in [2.05, 4.69) is 31.3 Å². The lowest BCUT2D eigenvalue weighted by Crippen LogP contribution is -2.65. The molecule has 1 amide bonds. The molecule has 2 heterocycles. The van der Waals surface area contributed by atoms with Crippen LogP contribution in [0, 0.1) is 0 Å². The molecule has 12 unspecified atom stereocenters. The number of rotatable bonds is 29. The molecule has 2 fully saturated rings. The average molecular weight is 776 g/mol. The molecule has 9 N–H and O–H groups in total. The number of hydrogen-bond donors (Lipinski definition) is 9. The largest absolute Gasteiger partial charge is 0.394 e. The minimum absolute atomic E-state index is 0.265. The molecule has 0 radical (unpaired) electrons. The second-order valence-electron chi connectivity index (χ2n) is 14.8. The van der Waals surface area contributed by atoms with Gasteiger partial charge in [0.05, 0.1) is 32.0 Å². The number of aliphatic hydroxyl groups excluding tert-OH is 8. The molecule has 316 valence electrons. The van der Waals surface area contributed by atoms with Crippen molar-refractivity contribution >= 4 is 5.91 Å². The van der Waals surface area contributed by atoms with Crippen LogP contribution in [-0.2, 0) is 23.7 Å². The number of hydrogen-bond acceptors (Lipinski definition) is 13. The summed E-state index contributed by atoms with van der Waals surface area (Å²) >= 11 is 0. The number of ether oxygens (including phenoxy) is 4. The summed E-state index contributed by atoms with van der Waals surface area (Å²) in [5, 5.41) is 85.8. The normalized spacial score (nSPS) is 30.3. The predicted molar refractivity (Wildman–Crippen MR) is 203 cm³/mol. The summed E-state index contributed by atoms with van der Waals surface area (Å²) in [6, 6.07) is -0.921. The van der Waals surface area contributed by atoms with Gasteiger partial charge in [0.2, 0.25) is 5.91 Å². The quantitative estimate of drug-likeness (QED) is 0.0394. The van der Waals surface area contributed by atoms with Crippen molar-refractivity contribution in [2.45, 2.75) is 203 Å². The minimum atomic E-state index is -1.79. The summed E-state index contributed by atoms with van der Waals surface area (Å²) in [4.78, 5) is 12.8. The van der Waals surface area contributed by atoms with E-state index in [-0.39, 0.29) is 18.9 Å². The van der Waals surface area contributed by atoms with Gasteiger partial charge in [-0.2, -0.15) is 0 Å². The molecular formula is C40H73NO13. The van der Waals surface area contributed by atoms with Gasteiger partial charge in [-0.05, 0) is 32.1 Å². The number of aliphatic hydroxyl groups is 8. The van der Waals surface area contributed by atoms with Gasteiger partial charge in [-0.25, -0.2) is 0 Å². The zero-order valence-corrected chi connectivity index (χ0v) is 32.7. The number of amides is 1. The van der Waals surface area contributed by atoms with Gasteiger partial charge in [-0.3, -0.25) is 4.79 Å². The molecule has 0 saturated carbocycles. The van der Waals surface area contributed by atoms with Crippen molar-refractivity contribution in [3.63, 3.8) is 0 Å². The molecule has 12 atom stereocenters. The van der Waals surface area contributed by atoms with Crippen molar-refractivity contribution in [3.05, 3.63) is 24.3 Å². The van der Waals surface area contributed by atoms with E-state index < -0.39 is 86.8 Å². The van der Waals surface area contributed by atoms with Crippen molar-refractivity contribution in [1.82, 2.24) is 5.32 Å². The highest BCUT2D eigenvalue weighted by Gasteiger charge is 2.50. The van der Waals surface area contributed by atoms with Crippen LogP contribution in [0.5, 0.6) is 0 Å². The average Bonchev–Trinajstić information content (AvgIpc) is 3.17. The first kappa shape index (κ1) is 48.6. The maximum atomic E-state index is 12.8. The van der Waals surface area contributed by atoms with Crippen LogP contribution in [-0.4, -0.2) is 140 Å². The van der Waals surface area contributed by atoms with E-state index in [1.165, 1.54) is 64.2 Å². The van der Waals surface area contributed by atoms with Gasteiger partial charge in [-0.1, -0.05) is 115 Å². The van der Waals surface area contributed by atoms with Crippen molar-refractivity contribution in [1.29, 1.82) is 0 Å². The Kier molecular flexibility index (Phi) is 25.9. The van der Waals surface area contributed by atoms with Crippen LogP contribution in [0.3, 0.4) is 0 Å². The Morgan fingerprint density at radius 2 is 1.19 bits per heavy atom. The highest BCUT2D eigenvalue weighted by molar-refractivity contribution is 5.76. The van der Waals surface area contributed by atoms with E-state index in [0.29, 0.717) is 12.8 Å². The van der Waals surface area contributed by atoms with Gasteiger partial charge >= 0.3 is 0 Å². The number of allylic oxidation sites excluding steroid dienone is 3. The Labute approximate surface area is 322 Å². The van der Waals surface area contributed by atoms with Crippen LogP contribution in [0.2, 0.25) is 0 Å². The third kappa shape index (κ3) is 17.7. The second-order valence-corrected chi connectivity index (χ2v) is 14.8. The van der Waals surface area contributed by atoms with Gasteiger partial charge in [0, 0.05) is 6.42 Å². The zero-order chi connectivity index (χ0) is 39.7. The summed E-state index contributed by atoms with van der Waals surface area (Å²) in [5.74, 6) is -0.270. The molecule has 2 saturated heterocycles.